The molecule has 2 amide bonds. The third-order valence-electron chi connectivity index (χ3n) is 19.7. The van der Waals surface area contributed by atoms with Gasteiger partial charge in [0, 0.05) is 93.5 Å². The van der Waals surface area contributed by atoms with E-state index in [1.54, 1.807) is 97.1 Å². The van der Waals surface area contributed by atoms with E-state index in [0.717, 1.165) is 72.9 Å². The van der Waals surface area contributed by atoms with Gasteiger partial charge < -0.3 is 74.4 Å². The Morgan fingerprint density at radius 1 is 0.230 bits per heavy atom. The van der Waals surface area contributed by atoms with Gasteiger partial charge in [-0.15, -0.1) is 0 Å². The average molecular weight is 1770 g/mol. The zero-order valence-corrected chi connectivity index (χ0v) is 72.7. The molecule has 0 saturated carbocycles. The number of aryl methyl sites for hydroxylation is 1. The molecule has 656 valence electrons. The first-order valence-corrected chi connectivity index (χ1v) is 42.3. The monoisotopic (exact) mass is 1770 g/mol. The third-order valence-corrected chi connectivity index (χ3v) is 19.7. The van der Waals surface area contributed by atoms with Crippen LogP contribution in [0.25, 0.3) is 37.2 Å². The van der Waals surface area contributed by atoms with Gasteiger partial charge in [0.25, 0.3) is 0 Å². The summed E-state index contributed by atoms with van der Waals surface area (Å²) in [5.41, 5.74) is 14.0. The van der Waals surface area contributed by atoms with Crippen molar-refractivity contribution in [3.05, 3.63) is 392 Å². The standard InChI is InChI=1S/C33H24N6.C26H26N8O2.C24H15N9.C21H18N6/c1-4-10-25-19-28(16-13-22(25)7-1)34-31-37-32(35-29-17-14-23-8-2-5-11-26(23)20-29)39-33(38-31)36-30-18-15-24-9-3-6-12-27(24)21-30;1-16-4-6-21(7-5-16)29-24-32-25(30-22-12-8-19(9-13-22)27-17(2)35)34-26(33-24)31-23-14-10-20(11-15-23)28-18(3)36;1-27-18-10-12-21(13-11-18)30-24-32-22(28-19-6-2-16(14-25)3-7-19)31-23(33-24)29-20-8-4-17(15-26)5-9-20;1-4-10-16(11-5-1)22-19-25-20(23-17-12-6-2-7-13-17)27-21(26-19)24-18-14-8-3-9-15-18/h1-21H,(H3,34,35,36,37,38,39);4-15H,1-3H3,(H,27,35)(H,28,36)(H3,29,30,31,32,33,34);2-13H,(H3,28,29,30,31,32,33);1-15H,(H3,22,23,24,25,26,27). The van der Waals surface area contributed by atoms with E-state index in [-0.39, 0.29) is 29.7 Å². The molecule has 19 aromatic rings. The number of nitrogens with zero attached hydrogens (tertiary/aromatic N) is 15. The average Bonchev–Trinajstić information content (AvgIpc) is 0.815. The summed E-state index contributed by atoms with van der Waals surface area (Å²) in [5, 5.41) is 69.0. The number of hydrogen-bond acceptors (Lipinski definition) is 28. The van der Waals surface area contributed by atoms with E-state index in [4.69, 9.17) is 32.0 Å². The predicted octanol–water partition coefficient (Wildman–Crippen LogP) is 24.4. The van der Waals surface area contributed by atoms with Gasteiger partial charge in [-0.1, -0.05) is 175 Å². The summed E-state index contributed by atoms with van der Waals surface area (Å²) >= 11 is 0. The van der Waals surface area contributed by atoms with Crippen LogP contribution in [0.15, 0.2) is 364 Å². The smallest absolute Gasteiger partial charge is 0.233 e. The largest absolute Gasteiger partial charge is 0.326 e. The molecule has 0 atom stereocenters. The summed E-state index contributed by atoms with van der Waals surface area (Å²) in [5.74, 6) is 4.24. The summed E-state index contributed by atoms with van der Waals surface area (Å²) in [6.45, 7) is 12.0. The lowest BCUT2D eigenvalue weighted by Crippen LogP contribution is -2.08. The SMILES string of the molecule is CC(=O)Nc1ccc(Nc2nc(Nc3ccc(C)cc3)nc(Nc3ccc(NC(C)=O)cc3)n2)cc1.[C-]#[N+]c1ccc(Nc2nc(Nc3ccc(C#N)cc3)nc(Nc3ccc(C#N)cc3)n2)cc1.c1ccc(Nc2nc(Nc3ccccc3)nc(Nc3ccccc3)n2)cc1.c1ccc2cc(Nc3nc(Nc4ccc5ccccc5c4)nc(Nc4ccc5ccccc5c4)n3)ccc2c1. The van der Waals surface area contributed by atoms with Gasteiger partial charge in [-0.3, -0.25) is 9.59 Å². The number of nitriles is 2. The Kier molecular flexibility index (Phi) is 28.6. The Balaban J connectivity index is 0.000000132. The van der Waals surface area contributed by atoms with Crippen molar-refractivity contribution in [1.29, 1.82) is 10.5 Å². The molecular weight excluding hydrogens is 1690 g/mol. The maximum absolute atomic E-state index is 11.3. The van der Waals surface area contributed by atoms with Crippen molar-refractivity contribution in [1.82, 2.24) is 59.8 Å². The number of nitrogens with one attached hydrogen (secondary N) is 14. The lowest BCUT2D eigenvalue weighted by atomic mass is 10.1. The van der Waals surface area contributed by atoms with E-state index >= 15 is 0 Å². The second-order valence-electron chi connectivity index (χ2n) is 29.9. The molecule has 31 heteroatoms. The number of aromatic nitrogens is 12. The van der Waals surface area contributed by atoms with Gasteiger partial charge in [0.15, 0.2) is 5.69 Å². The number of carbonyl (C=O) groups is 2. The minimum Gasteiger partial charge on any atom is -0.326 e. The number of rotatable bonds is 26. The molecule has 0 aliphatic carbocycles. The highest BCUT2D eigenvalue weighted by molar-refractivity contribution is 5.91. The van der Waals surface area contributed by atoms with Crippen LogP contribution in [0.5, 0.6) is 0 Å². The molecule has 0 spiro atoms. The van der Waals surface area contributed by atoms with Crippen LogP contribution < -0.4 is 74.4 Å². The van der Waals surface area contributed by atoms with E-state index in [2.05, 4.69) is 209 Å². The van der Waals surface area contributed by atoms with E-state index in [1.165, 1.54) is 30.0 Å². The van der Waals surface area contributed by atoms with E-state index in [0.29, 0.717) is 98.8 Å². The summed E-state index contributed by atoms with van der Waals surface area (Å²) in [6, 6.07) is 120. The number of hydrogen-bond donors (Lipinski definition) is 14. The Labute approximate surface area is 775 Å². The second kappa shape index (κ2) is 43.6. The number of para-hydroxylation sites is 3. The number of fused-ring (bicyclic) bond motifs is 3. The summed E-state index contributed by atoms with van der Waals surface area (Å²) in [4.78, 5) is 80.2. The molecule has 4 aromatic heterocycles. The first kappa shape index (κ1) is 88.6. The molecule has 0 aliphatic rings. The molecule has 19 rings (SSSR count). The van der Waals surface area contributed by atoms with E-state index in [1.807, 2.05) is 201 Å². The maximum atomic E-state index is 11.3. The van der Waals surface area contributed by atoms with Gasteiger partial charge in [-0.05, 0) is 233 Å². The lowest BCUT2D eigenvalue weighted by molar-refractivity contribution is -0.115. The maximum Gasteiger partial charge on any atom is 0.233 e. The van der Waals surface area contributed by atoms with Crippen molar-refractivity contribution >= 4 is 201 Å². The minimum absolute atomic E-state index is 0.138. The quantitative estimate of drug-likeness (QED) is 0.0224. The van der Waals surface area contributed by atoms with Gasteiger partial charge in [0.2, 0.25) is 83.2 Å². The fourth-order valence-electron chi connectivity index (χ4n) is 13.3. The van der Waals surface area contributed by atoms with Crippen molar-refractivity contribution in [2.75, 3.05) is 74.4 Å². The zero-order chi connectivity index (χ0) is 92.9. The Hall–Kier alpha value is -19.9. The van der Waals surface area contributed by atoms with Gasteiger partial charge in [-0.2, -0.15) is 70.3 Å². The second-order valence-corrected chi connectivity index (χ2v) is 29.9. The molecule has 4 heterocycles. The molecule has 0 aliphatic heterocycles. The van der Waals surface area contributed by atoms with Crippen LogP contribution in [0.4, 0.5) is 157 Å². The summed E-state index contributed by atoms with van der Waals surface area (Å²) in [6.07, 6.45) is 0. The van der Waals surface area contributed by atoms with Crippen LogP contribution in [-0.2, 0) is 9.59 Å². The van der Waals surface area contributed by atoms with Crippen LogP contribution >= 0.6 is 0 Å². The zero-order valence-electron chi connectivity index (χ0n) is 72.7. The third kappa shape index (κ3) is 26.2. The fourth-order valence-corrected chi connectivity index (χ4v) is 13.3. The molecule has 135 heavy (non-hydrogen) atoms. The van der Waals surface area contributed by atoms with Crippen LogP contribution in [0.3, 0.4) is 0 Å². The van der Waals surface area contributed by atoms with Gasteiger partial charge in [-0.25, -0.2) is 4.85 Å². The molecule has 0 radical (unpaired) electrons. The molecule has 0 unspecified atom stereocenters. The van der Waals surface area contributed by atoms with Gasteiger partial charge in [0.1, 0.15) is 0 Å². The minimum atomic E-state index is -0.138. The highest BCUT2D eigenvalue weighted by Gasteiger charge is 2.16. The molecule has 15 aromatic carbocycles. The number of carbonyl (C=O) groups excluding carboxylic acids is 2. The van der Waals surface area contributed by atoms with Crippen LogP contribution in [0.2, 0.25) is 0 Å². The van der Waals surface area contributed by atoms with Crippen molar-refractivity contribution in [3.63, 3.8) is 0 Å². The first-order chi connectivity index (χ1) is 66.1. The number of amides is 2. The van der Waals surface area contributed by atoms with Gasteiger partial charge in [0.05, 0.1) is 29.8 Å². The summed E-state index contributed by atoms with van der Waals surface area (Å²) < 4.78 is 0. The van der Waals surface area contributed by atoms with Crippen molar-refractivity contribution in [3.8, 4) is 12.1 Å². The fraction of sp³-hybridized carbons (Fsp3) is 0.0288. The normalized spacial score (nSPS) is 10.4. The topological polar surface area (TPSA) is 409 Å². The summed E-state index contributed by atoms with van der Waals surface area (Å²) in [7, 11) is 0. The van der Waals surface area contributed by atoms with Crippen molar-refractivity contribution in [2.24, 2.45) is 0 Å². The van der Waals surface area contributed by atoms with E-state index < -0.39 is 0 Å². The van der Waals surface area contributed by atoms with Gasteiger partial charge >= 0.3 is 0 Å². The van der Waals surface area contributed by atoms with E-state index in [9.17, 15) is 9.59 Å². The van der Waals surface area contributed by atoms with Crippen LogP contribution in [0.1, 0.15) is 30.5 Å². The lowest BCUT2D eigenvalue weighted by Gasteiger charge is -2.13. The Bertz CT molecular complexity index is 6820. The predicted molar refractivity (Wildman–Crippen MR) is 538 cm³/mol. The molecular formula is C104H83N29O2. The number of anilines is 26. The molecule has 31 nitrogen and oxygen atoms in total. The number of benzene rings is 15. The Morgan fingerprint density at radius 2 is 0.415 bits per heavy atom. The first-order valence-electron chi connectivity index (χ1n) is 42.3. The van der Waals surface area contributed by atoms with Crippen LogP contribution in [0, 0.1) is 36.2 Å². The van der Waals surface area contributed by atoms with Crippen molar-refractivity contribution in [2.45, 2.75) is 20.8 Å². The molecule has 0 fully saturated rings. The molecule has 0 saturated heterocycles. The Morgan fingerprint density at radius 3 is 0.644 bits per heavy atom. The molecule has 14 N–H and O–H groups in total. The molecule has 0 bridgehead atoms. The van der Waals surface area contributed by atoms with Crippen molar-refractivity contribution < 1.29 is 9.59 Å². The van der Waals surface area contributed by atoms with Crippen LogP contribution in [-0.4, -0.2) is 71.6 Å². The highest BCUT2D eigenvalue weighted by atomic mass is 16.2. The highest BCUT2D eigenvalue weighted by Crippen LogP contribution is 2.32.